The van der Waals surface area contributed by atoms with Gasteiger partial charge in [-0.1, -0.05) is 13.3 Å². The van der Waals surface area contributed by atoms with E-state index < -0.39 is 35.6 Å². The number of hydrazine groups is 1. The van der Waals surface area contributed by atoms with Gasteiger partial charge in [0, 0.05) is 26.2 Å². The molecule has 5 amide bonds. The number of amides is 5. The predicted octanol–water partition coefficient (Wildman–Crippen LogP) is 0.343. The number of piperidine rings is 1. The number of hydrogen-bond donors (Lipinski definition) is 3. The van der Waals surface area contributed by atoms with Crippen molar-refractivity contribution in [1.29, 1.82) is 0 Å². The van der Waals surface area contributed by atoms with E-state index in [1.165, 1.54) is 14.9 Å². The zero-order valence-corrected chi connectivity index (χ0v) is 19.9. The molecule has 12 nitrogen and oxygen atoms in total. The average Bonchev–Trinajstić information content (AvgIpc) is 3.00. The Labute approximate surface area is 194 Å². The van der Waals surface area contributed by atoms with Gasteiger partial charge in [0.2, 0.25) is 0 Å². The summed E-state index contributed by atoms with van der Waals surface area (Å²) >= 11 is 0. The number of carbonyl (C=O) groups is 4. The number of rotatable bonds is 6. The van der Waals surface area contributed by atoms with Crippen molar-refractivity contribution in [2.45, 2.75) is 77.1 Å². The molecule has 186 valence electrons. The van der Waals surface area contributed by atoms with Crippen LogP contribution in [0.1, 0.15) is 53.4 Å². The SMILES string of the molecule is CCCCON1C(=O)N2C[C@@H]1CC[C@H]2C(=O)NNC(=O)[C@H]1CNCCN1C(=O)OC(C)(C)C. The number of nitrogens with zero attached hydrogens (tertiary/aromatic N) is 3. The molecule has 0 aliphatic carbocycles. The maximum Gasteiger partial charge on any atom is 0.411 e. The summed E-state index contributed by atoms with van der Waals surface area (Å²) in [6.07, 6.45) is 2.34. The van der Waals surface area contributed by atoms with E-state index in [-0.39, 0.29) is 18.6 Å². The lowest BCUT2D eigenvalue weighted by Gasteiger charge is -2.36. The molecule has 0 aromatic heterocycles. The number of ether oxygens (including phenoxy) is 1. The van der Waals surface area contributed by atoms with Crippen molar-refractivity contribution in [1.82, 2.24) is 31.0 Å². The molecule has 3 rings (SSSR count). The minimum absolute atomic E-state index is 0.0660. The van der Waals surface area contributed by atoms with Crippen LogP contribution in [0.3, 0.4) is 0 Å². The van der Waals surface area contributed by atoms with Crippen LogP contribution in [-0.2, 0) is 19.2 Å². The van der Waals surface area contributed by atoms with Gasteiger partial charge in [-0.15, -0.1) is 0 Å². The summed E-state index contributed by atoms with van der Waals surface area (Å²) in [4.78, 5) is 59.2. The Morgan fingerprint density at radius 2 is 1.82 bits per heavy atom. The highest BCUT2D eigenvalue weighted by Crippen LogP contribution is 2.30. The van der Waals surface area contributed by atoms with Crippen LogP contribution in [0.2, 0.25) is 0 Å². The van der Waals surface area contributed by atoms with Crippen molar-refractivity contribution in [3.63, 3.8) is 0 Å². The number of urea groups is 1. The predicted molar refractivity (Wildman–Crippen MR) is 117 cm³/mol. The first-order chi connectivity index (χ1) is 15.6. The molecule has 2 bridgehead atoms. The molecule has 0 spiro atoms. The Morgan fingerprint density at radius 1 is 1.12 bits per heavy atom. The molecule has 0 saturated carbocycles. The van der Waals surface area contributed by atoms with Crippen LogP contribution in [0.4, 0.5) is 9.59 Å². The number of hydrogen-bond acceptors (Lipinski definition) is 7. The summed E-state index contributed by atoms with van der Waals surface area (Å²) in [5.74, 6) is -1.01. The highest BCUT2D eigenvalue weighted by atomic mass is 16.7. The maximum absolute atomic E-state index is 12.8. The zero-order valence-electron chi connectivity index (χ0n) is 19.9. The first-order valence-corrected chi connectivity index (χ1v) is 11.6. The van der Waals surface area contributed by atoms with Gasteiger partial charge in [-0.3, -0.25) is 30.2 Å². The lowest BCUT2D eigenvalue weighted by molar-refractivity contribution is -0.134. The molecule has 3 fully saturated rings. The molecule has 12 heteroatoms. The lowest BCUT2D eigenvalue weighted by Crippen LogP contribution is -2.63. The fraction of sp³-hybridized carbons (Fsp3) is 0.810. The van der Waals surface area contributed by atoms with Gasteiger partial charge in [0.05, 0.1) is 12.6 Å². The topological polar surface area (TPSA) is 133 Å². The summed E-state index contributed by atoms with van der Waals surface area (Å²) in [5.41, 5.74) is 4.15. The van der Waals surface area contributed by atoms with E-state index in [0.29, 0.717) is 39.1 Å². The Balaban J connectivity index is 1.54. The molecule has 0 aromatic carbocycles. The molecule has 0 unspecified atom stereocenters. The molecular weight excluding hydrogens is 432 g/mol. The van der Waals surface area contributed by atoms with Crippen LogP contribution < -0.4 is 16.2 Å². The third kappa shape index (κ3) is 6.05. The van der Waals surface area contributed by atoms with Gasteiger partial charge in [0.25, 0.3) is 11.8 Å². The normalized spacial score (nSPS) is 25.2. The second kappa shape index (κ2) is 10.6. The van der Waals surface area contributed by atoms with Gasteiger partial charge in [-0.05, 0) is 40.0 Å². The Morgan fingerprint density at radius 3 is 2.48 bits per heavy atom. The van der Waals surface area contributed by atoms with Crippen molar-refractivity contribution in [3.05, 3.63) is 0 Å². The number of hydroxylamine groups is 2. The molecule has 0 radical (unpaired) electrons. The third-order valence-corrected chi connectivity index (χ3v) is 5.84. The zero-order chi connectivity index (χ0) is 24.2. The lowest BCUT2D eigenvalue weighted by atomic mass is 10.0. The highest BCUT2D eigenvalue weighted by Gasteiger charge is 2.48. The molecule has 0 aromatic rings. The van der Waals surface area contributed by atoms with Gasteiger partial charge in [0.15, 0.2) is 0 Å². The van der Waals surface area contributed by atoms with E-state index in [2.05, 4.69) is 16.2 Å². The molecule has 3 N–H and O–H groups in total. The Kier molecular flexibility index (Phi) is 8.01. The highest BCUT2D eigenvalue weighted by molar-refractivity contribution is 5.91. The molecule has 3 atom stereocenters. The van der Waals surface area contributed by atoms with Crippen molar-refractivity contribution in [2.24, 2.45) is 0 Å². The van der Waals surface area contributed by atoms with Crippen LogP contribution in [-0.4, -0.2) is 95.3 Å². The summed E-state index contributed by atoms with van der Waals surface area (Å²) in [6, 6.07) is -1.92. The van der Waals surface area contributed by atoms with Crippen LogP contribution in [0.25, 0.3) is 0 Å². The smallest absolute Gasteiger partial charge is 0.411 e. The van der Waals surface area contributed by atoms with Crippen LogP contribution >= 0.6 is 0 Å². The first-order valence-electron chi connectivity index (χ1n) is 11.6. The quantitative estimate of drug-likeness (QED) is 0.378. The number of nitrogens with one attached hydrogen (secondary N) is 3. The number of piperazine rings is 1. The van der Waals surface area contributed by atoms with Gasteiger partial charge in [0.1, 0.15) is 17.7 Å². The number of unbranched alkanes of at least 4 members (excludes halogenated alkanes) is 1. The summed E-state index contributed by atoms with van der Waals surface area (Å²) in [6.45, 7) is 9.27. The standard InChI is InChI=1S/C21H36N6O6/c1-5-6-11-32-27-14-7-8-15(26(13-14)19(27)30)17(28)23-24-18(29)16-12-22-9-10-25(16)20(31)33-21(2,3)4/h14-16,22H,5-13H2,1-4H3,(H,23,28)(H,24,29)/t14-,15-,16+/m0/s1. The molecule has 33 heavy (non-hydrogen) atoms. The van der Waals surface area contributed by atoms with Gasteiger partial charge >= 0.3 is 12.1 Å². The summed E-state index contributed by atoms with van der Waals surface area (Å²) in [7, 11) is 0. The number of fused-ring (bicyclic) bond motifs is 2. The third-order valence-electron chi connectivity index (χ3n) is 5.84. The molecule has 3 aliphatic rings. The fourth-order valence-electron chi connectivity index (χ4n) is 4.15. The summed E-state index contributed by atoms with van der Waals surface area (Å²) < 4.78 is 5.40. The van der Waals surface area contributed by atoms with E-state index in [0.717, 1.165) is 12.8 Å². The average molecular weight is 469 g/mol. The minimum Gasteiger partial charge on any atom is -0.444 e. The second-order valence-corrected chi connectivity index (χ2v) is 9.57. The molecule has 3 saturated heterocycles. The van der Waals surface area contributed by atoms with E-state index >= 15 is 0 Å². The second-order valence-electron chi connectivity index (χ2n) is 9.57. The van der Waals surface area contributed by atoms with E-state index in [1.807, 2.05) is 6.92 Å². The monoisotopic (exact) mass is 468 g/mol. The summed E-state index contributed by atoms with van der Waals surface area (Å²) in [5, 5.41) is 4.46. The van der Waals surface area contributed by atoms with Gasteiger partial charge < -0.3 is 15.0 Å². The first kappa shape index (κ1) is 25.0. The fourth-order valence-corrected chi connectivity index (χ4v) is 4.15. The van der Waals surface area contributed by atoms with E-state index in [9.17, 15) is 19.2 Å². The van der Waals surface area contributed by atoms with Crippen LogP contribution in [0, 0.1) is 0 Å². The van der Waals surface area contributed by atoms with Gasteiger partial charge in [-0.25, -0.2) is 9.59 Å². The van der Waals surface area contributed by atoms with Crippen LogP contribution in [0.15, 0.2) is 0 Å². The van der Waals surface area contributed by atoms with Crippen molar-refractivity contribution in [2.75, 3.05) is 32.8 Å². The minimum atomic E-state index is -0.833. The van der Waals surface area contributed by atoms with E-state index in [1.54, 1.807) is 20.8 Å². The maximum atomic E-state index is 12.8. The number of carbonyl (C=O) groups excluding carboxylic acids is 4. The van der Waals surface area contributed by atoms with Crippen molar-refractivity contribution >= 4 is 23.9 Å². The van der Waals surface area contributed by atoms with Crippen molar-refractivity contribution in [3.8, 4) is 0 Å². The van der Waals surface area contributed by atoms with Gasteiger partial charge in [-0.2, -0.15) is 5.06 Å². The molecular formula is C21H36N6O6. The molecule has 3 aliphatic heterocycles. The van der Waals surface area contributed by atoms with E-state index in [4.69, 9.17) is 9.57 Å². The Hall–Kier alpha value is -2.60. The largest absolute Gasteiger partial charge is 0.444 e. The Bertz CT molecular complexity index is 756. The van der Waals surface area contributed by atoms with Crippen LogP contribution in [0.5, 0.6) is 0 Å². The molecule has 3 heterocycles. The van der Waals surface area contributed by atoms with Crippen molar-refractivity contribution < 1.29 is 28.8 Å².